The van der Waals surface area contributed by atoms with E-state index in [0.29, 0.717) is 5.02 Å². The highest BCUT2D eigenvalue weighted by atomic mass is 79.9. The van der Waals surface area contributed by atoms with Crippen molar-refractivity contribution in [3.05, 3.63) is 57.5 Å². The van der Waals surface area contributed by atoms with Crippen LogP contribution in [-0.2, 0) is 0 Å². The molecule has 0 saturated heterocycles. The first-order valence-electron chi connectivity index (χ1n) is 5.13. The summed E-state index contributed by atoms with van der Waals surface area (Å²) in [6, 6.07) is 13.2. The van der Waals surface area contributed by atoms with Gasteiger partial charge in [0.2, 0.25) is 0 Å². The number of nitrogens with two attached hydrogens (primary N) is 1. The lowest BCUT2D eigenvalue weighted by Gasteiger charge is -2.08. The number of nitrogen functional groups attached to an aromatic ring is 1. The van der Waals surface area contributed by atoms with E-state index in [2.05, 4.69) is 15.9 Å². The first-order valence-corrected chi connectivity index (χ1v) is 7.12. The Kier molecular flexibility index (Phi) is 4.32. The molecule has 0 bridgehead atoms. The van der Waals surface area contributed by atoms with Crippen LogP contribution < -0.4 is 5.73 Å². The van der Waals surface area contributed by atoms with Crippen molar-refractivity contribution in [1.82, 2.24) is 0 Å². The number of benzene rings is 2. The molecule has 0 saturated carbocycles. The van der Waals surface area contributed by atoms with E-state index in [1.54, 1.807) is 0 Å². The third kappa shape index (κ3) is 3.28. The second kappa shape index (κ2) is 5.78. The molecule has 0 atom stereocenters. The molecule has 18 heavy (non-hydrogen) atoms. The van der Waals surface area contributed by atoms with Crippen LogP contribution in [-0.4, -0.2) is 5.84 Å². The van der Waals surface area contributed by atoms with Gasteiger partial charge in [-0.25, -0.2) is 0 Å². The first kappa shape index (κ1) is 13.5. The smallest absolute Gasteiger partial charge is 0.123 e. The summed E-state index contributed by atoms with van der Waals surface area (Å²) in [4.78, 5) is 1.95. The van der Waals surface area contributed by atoms with Gasteiger partial charge in [-0.15, -0.1) is 0 Å². The molecule has 2 nitrogen and oxygen atoms in total. The van der Waals surface area contributed by atoms with Crippen molar-refractivity contribution >= 4 is 45.1 Å². The molecular weight excluding hydrogens is 332 g/mol. The zero-order valence-electron chi connectivity index (χ0n) is 9.28. The maximum absolute atomic E-state index is 7.58. The molecule has 0 spiro atoms. The van der Waals surface area contributed by atoms with Crippen LogP contribution in [0.15, 0.2) is 56.7 Å². The Bertz CT molecular complexity index is 601. The minimum atomic E-state index is 0.0621. The van der Waals surface area contributed by atoms with Crippen LogP contribution in [0.25, 0.3) is 0 Å². The van der Waals surface area contributed by atoms with Gasteiger partial charge in [-0.2, -0.15) is 0 Å². The number of hydrogen-bond acceptors (Lipinski definition) is 2. The predicted octanol–water partition coefficient (Wildman–Crippen LogP) is 4.54. The number of nitrogens with one attached hydrogen (secondary N) is 1. The second-order valence-corrected chi connectivity index (χ2v) is 6.08. The van der Waals surface area contributed by atoms with Crippen molar-refractivity contribution in [2.24, 2.45) is 5.73 Å². The molecule has 0 aliphatic carbocycles. The van der Waals surface area contributed by atoms with Crippen molar-refractivity contribution in [3.63, 3.8) is 0 Å². The zero-order chi connectivity index (χ0) is 13.1. The van der Waals surface area contributed by atoms with Crippen LogP contribution in [0.4, 0.5) is 0 Å². The van der Waals surface area contributed by atoms with Gasteiger partial charge in [0, 0.05) is 24.8 Å². The Morgan fingerprint density at radius 3 is 2.67 bits per heavy atom. The third-order valence-electron chi connectivity index (χ3n) is 2.26. The average molecular weight is 342 g/mol. The minimum Gasteiger partial charge on any atom is -0.384 e. The van der Waals surface area contributed by atoms with Gasteiger partial charge in [-0.05, 0) is 36.4 Å². The van der Waals surface area contributed by atoms with Crippen LogP contribution in [0, 0.1) is 5.41 Å². The fourth-order valence-electron chi connectivity index (χ4n) is 1.46. The Morgan fingerprint density at radius 2 is 2.00 bits per heavy atom. The standard InChI is InChI=1S/C13H10BrClN2S/c14-8-4-5-11(13(16)17)12(6-8)18-10-3-1-2-9(15)7-10/h1-7H,(H3,16,17). The molecular formula is C13H10BrClN2S. The molecule has 0 aliphatic rings. The number of halogens is 2. The molecule has 0 amide bonds. The summed E-state index contributed by atoms with van der Waals surface area (Å²) in [6.45, 7) is 0. The van der Waals surface area contributed by atoms with Crippen molar-refractivity contribution in [2.75, 3.05) is 0 Å². The zero-order valence-corrected chi connectivity index (χ0v) is 12.4. The van der Waals surface area contributed by atoms with Gasteiger partial charge < -0.3 is 5.73 Å². The topological polar surface area (TPSA) is 49.9 Å². The molecule has 0 aromatic heterocycles. The van der Waals surface area contributed by atoms with Crippen molar-refractivity contribution in [3.8, 4) is 0 Å². The van der Waals surface area contributed by atoms with E-state index >= 15 is 0 Å². The molecule has 5 heteroatoms. The summed E-state index contributed by atoms with van der Waals surface area (Å²) in [7, 11) is 0. The molecule has 3 N–H and O–H groups in total. The van der Waals surface area contributed by atoms with E-state index < -0.39 is 0 Å². The fourth-order valence-corrected chi connectivity index (χ4v) is 3.29. The summed E-state index contributed by atoms with van der Waals surface area (Å²) < 4.78 is 0.956. The van der Waals surface area contributed by atoms with Crippen LogP contribution in [0.3, 0.4) is 0 Å². The van der Waals surface area contributed by atoms with Gasteiger partial charge >= 0.3 is 0 Å². The maximum atomic E-state index is 7.58. The largest absolute Gasteiger partial charge is 0.384 e. The Balaban J connectivity index is 2.39. The van der Waals surface area contributed by atoms with E-state index in [4.69, 9.17) is 22.7 Å². The Morgan fingerprint density at radius 1 is 1.22 bits per heavy atom. The van der Waals surface area contributed by atoms with E-state index in [1.165, 1.54) is 11.8 Å². The van der Waals surface area contributed by atoms with Crippen molar-refractivity contribution in [1.29, 1.82) is 5.41 Å². The molecule has 2 rings (SSSR count). The van der Waals surface area contributed by atoms with Gasteiger partial charge in [-0.3, -0.25) is 5.41 Å². The monoisotopic (exact) mass is 340 g/mol. The Labute approximate surface area is 123 Å². The molecule has 2 aromatic carbocycles. The molecule has 0 fully saturated rings. The molecule has 0 heterocycles. The predicted molar refractivity (Wildman–Crippen MR) is 80.7 cm³/mol. The number of amidine groups is 1. The highest BCUT2D eigenvalue weighted by Gasteiger charge is 2.08. The summed E-state index contributed by atoms with van der Waals surface area (Å²) in [5.41, 5.74) is 6.30. The molecule has 92 valence electrons. The van der Waals surface area contributed by atoms with Crippen LogP contribution in [0.1, 0.15) is 5.56 Å². The SMILES string of the molecule is N=C(N)c1ccc(Br)cc1Sc1cccc(Cl)c1. The number of hydrogen-bond donors (Lipinski definition) is 2. The molecule has 0 unspecified atom stereocenters. The fraction of sp³-hybridized carbons (Fsp3) is 0. The van der Waals surface area contributed by atoms with Crippen molar-refractivity contribution in [2.45, 2.75) is 9.79 Å². The molecule has 0 aliphatic heterocycles. The third-order valence-corrected chi connectivity index (χ3v) is 4.03. The van der Waals surface area contributed by atoms with Crippen LogP contribution >= 0.6 is 39.3 Å². The van der Waals surface area contributed by atoms with Crippen LogP contribution in [0.5, 0.6) is 0 Å². The van der Waals surface area contributed by atoms with Gasteiger partial charge in [0.25, 0.3) is 0 Å². The van der Waals surface area contributed by atoms with Gasteiger partial charge in [0.05, 0.1) is 0 Å². The lowest BCUT2D eigenvalue weighted by molar-refractivity contribution is 1.32. The summed E-state index contributed by atoms with van der Waals surface area (Å²) in [5, 5.41) is 8.27. The van der Waals surface area contributed by atoms with Crippen molar-refractivity contribution < 1.29 is 0 Å². The second-order valence-electron chi connectivity index (χ2n) is 3.61. The van der Waals surface area contributed by atoms with E-state index in [9.17, 15) is 0 Å². The summed E-state index contributed by atoms with van der Waals surface area (Å²) >= 11 is 10.9. The summed E-state index contributed by atoms with van der Waals surface area (Å²) in [6.07, 6.45) is 0. The van der Waals surface area contributed by atoms with E-state index in [0.717, 1.165) is 19.8 Å². The van der Waals surface area contributed by atoms with Crippen LogP contribution in [0.2, 0.25) is 5.02 Å². The van der Waals surface area contributed by atoms with Gasteiger partial charge in [0.15, 0.2) is 0 Å². The minimum absolute atomic E-state index is 0.0621. The lowest BCUT2D eigenvalue weighted by atomic mass is 10.2. The average Bonchev–Trinajstić information content (AvgIpc) is 2.28. The molecule has 0 radical (unpaired) electrons. The quantitative estimate of drug-likeness (QED) is 0.636. The summed E-state index contributed by atoms with van der Waals surface area (Å²) in [5.74, 6) is 0.0621. The normalized spacial score (nSPS) is 10.3. The van der Waals surface area contributed by atoms with Gasteiger partial charge in [0.1, 0.15) is 5.84 Å². The molecule has 2 aromatic rings. The first-order chi connectivity index (χ1) is 8.56. The van der Waals surface area contributed by atoms with E-state index in [-0.39, 0.29) is 5.84 Å². The highest BCUT2D eigenvalue weighted by molar-refractivity contribution is 9.10. The highest BCUT2D eigenvalue weighted by Crippen LogP contribution is 2.33. The Hall–Kier alpha value is -0.970. The van der Waals surface area contributed by atoms with E-state index in [1.807, 2.05) is 42.5 Å². The maximum Gasteiger partial charge on any atom is 0.123 e. The number of rotatable bonds is 3. The lowest BCUT2D eigenvalue weighted by Crippen LogP contribution is -2.12. The van der Waals surface area contributed by atoms with Gasteiger partial charge in [-0.1, -0.05) is 45.4 Å².